The number of nitrogens with zero attached hydrogens (tertiary/aromatic N) is 5. The number of aryl methyl sites for hydroxylation is 1. The monoisotopic (exact) mass is 332 g/mol. The van der Waals surface area contributed by atoms with Crippen molar-refractivity contribution in [1.29, 1.82) is 0 Å². The van der Waals surface area contributed by atoms with Crippen LogP contribution in [0, 0.1) is 6.92 Å². The molecule has 2 heterocycles. The Morgan fingerprint density at radius 3 is 2.74 bits per heavy atom. The van der Waals surface area contributed by atoms with Gasteiger partial charge in [0, 0.05) is 12.1 Å². The van der Waals surface area contributed by atoms with Gasteiger partial charge in [0.15, 0.2) is 5.82 Å². The van der Waals surface area contributed by atoms with Gasteiger partial charge in [0.1, 0.15) is 5.82 Å². The molecule has 0 unspecified atom stereocenters. The van der Waals surface area contributed by atoms with Crippen molar-refractivity contribution in [1.82, 2.24) is 30.2 Å². The molecule has 0 aliphatic carbocycles. The van der Waals surface area contributed by atoms with Gasteiger partial charge < -0.3 is 9.84 Å². The number of rotatable bonds is 4. The van der Waals surface area contributed by atoms with E-state index in [1.807, 2.05) is 19.1 Å². The molecule has 1 amide bonds. The average Bonchev–Trinajstić information content (AvgIpc) is 3.15. The molecular weight excluding hydrogens is 320 g/mol. The maximum atomic E-state index is 11.3. The number of amides is 1. The maximum Gasteiger partial charge on any atom is 0.297 e. The first-order valence-corrected chi connectivity index (χ1v) is 7.18. The number of benzene rings is 1. The van der Waals surface area contributed by atoms with E-state index >= 15 is 0 Å². The molecule has 0 fully saturated rings. The molecule has 0 saturated heterocycles. The summed E-state index contributed by atoms with van der Waals surface area (Å²) in [5, 5.41) is 11.2. The van der Waals surface area contributed by atoms with Crippen molar-refractivity contribution in [2.75, 3.05) is 7.05 Å². The number of likely N-dealkylation sites (N-methyl/N-ethyl adjacent to an activating group) is 1. The van der Waals surface area contributed by atoms with Gasteiger partial charge in [-0.3, -0.25) is 4.79 Å². The second-order valence-electron chi connectivity index (χ2n) is 4.74. The highest BCUT2D eigenvalue weighted by molar-refractivity contribution is 6.30. The normalized spacial score (nSPS) is 10.7. The molecule has 0 bridgehead atoms. The van der Waals surface area contributed by atoms with Gasteiger partial charge in [-0.25, -0.2) is 9.67 Å². The Kier molecular flexibility index (Phi) is 4.07. The fourth-order valence-electron chi connectivity index (χ4n) is 1.96. The van der Waals surface area contributed by atoms with Crippen LogP contribution in [-0.2, 0) is 11.2 Å². The minimum Gasteiger partial charge on any atom is -0.359 e. The molecule has 2 aromatic heterocycles. The lowest BCUT2D eigenvalue weighted by molar-refractivity contribution is -0.120. The number of nitrogens with one attached hydrogen (secondary N) is 1. The Bertz CT molecular complexity index is 839. The molecule has 3 rings (SSSR count). The summed E-state index contributed by atoms with van der Waals surface area (Å²) in [4.78, 5) is 19.8. The van der Waals surface area contributed by atoms with Gasteiger partial charge in [0.25, 0.3) is 5.89 Å². The molecule has 0 spiro atoms. The van der Waals surface area contributed by atoms with E-state index in [-0.39, 0.29) is 24.0 Å². The van der Waals surface area contributed by atoms with Gasteiger partial charge in [-0.15, -0.1) is 5.10 Å². The van der Waals surface area contributed by atoms with Crippen LogP contribution in [-0.4, -0.2) is 37.9 Å². The zero-order valence-corrected chi connectivity index (χ0v) is 13.2. The lowest BCUT2D eigenvalue weighted by Crippen LogP contribution is -2.20. The molecular formula is C14H13ClN6O2. The van der Waals surface area contributed by atoms with Crippen molar-refractivity contribution in [3.8, 4) is 17.4 Å². The number of hydrogen-bond acceptors (Lipinski definition) is 6. The summed E-state index contributed by atoms with van der Waals surface area (Å²) in [5.41, 5.74) is 0.816. The number of carbonyl (C=O) groups excluding carboxylic acids is 1. The van der Waals surface area contributed by atoms with Crippen molar-refractivity contribution in [3.05, 3.63) is 40.9 Å². The average molecular weight is 333 g/mol. The minimum absolute atomic E-state index is 0.0386. The van der Waals surface area contributed by atoms with Gasteiger partial charge in [0.2, 0.25) is 11.7 Å². The number of aromatic nitrogens is 5. The van der Waals surface area contributed by atoms with Gasteiger partial charge in [-0.1, -0.05) is 16.8 Å². The smallest absolute Gasteiger partial charge is 0.297 e. The van der Waals surface area contributed by atoms with Crippen molar-refractivity contribution in [2.24, 2.45) is 0 Å². The summed E-state index contributed by atoms with van der Waals surface area (Å²) in [6.45, 7) is 1.81. The third-order valence-electron chi connectivity index (χ3n) is 3.10. The van der Waals surface area contributed by atoms with Crippen LogP contribution in [0.25, 0.3) is 17.4 Å². The largest absolute Gasteiger partial charge is 0.359 e. The second kappa shape index (κ2) is 6.17. The summed E-state index contributed by atoms with van der Waals surface area (Å²) in [7, 11) is 1.54. The highest BCUT2D eigenvalue weighted by Gasteiger charge is 2.17. The first-order chi connectivity index (χ1) is 11.1. The molecule has 3 aromatic rings. The molecule has 0 aliphatic heterocycles. The van der Waals surface area contributed by atoms with Crippen molar-refractivity contribution in [3.63, 3.8) is 0 Å². The van der Waals surface area contributed by atoms with Crippen LogP contribution in [0.3, 0.4) is 0 Å². The Balaban J connectivity index is 1.89. The molecule has 1 aromatic carbocycles. The third kappa shape index (κ3) is 3.21. The summed E-state index contributed by atoms with van der Waals surface area (Å²) in [5.74, 6) is 1.20. The minimum atomic E-state index is -0.201. The summed E-state index contributed by atoms with van der Waals surface area (Å²) in [6.07, 6.45) is 0.0386. The van der Waals surface area contributed by atoms with E-state index in [9.17, 15) is 4.79 Å². The zero-order chi connectivity index (χ0) is 16.4. The van der Waals surface area contributed by atoms with Crippen molar-refractivity contribution >= 4 is 17.5 Å². The second-order valence-corrected chi connectivity index (χ2v) is 5.17. The Morgan fingerprint density at radius 2 is 2.04 bits per heavy atom. The van der Waals surface area contributed by atoms with Crippen LogP contribution >= 0.6 is 11.6 Å². The first-order valence-electron chi connectivity index (χ1n) is 6.80. The topological polar surface area (TPSA) is 98.7 Å². The van der Waals surface area contributed by atoms with Gasteiger partial charge in [0.05, 0.1) is 12.1 Å². The predicted octanol–water partition coefficient (Wildman–Crippen LogP) is 1.57. The molecule has 0 atom stereocenters. The van der Waals surface area contributed by atoms with Crippen LogP contribution in [0.1, 0.15) is 11.6 Å². The number of hydrogen-bond donors (Lipinski definition) is 1. The SMILES string of the molecule is CNC(=O)Cc1noc(-c2nc(C)n(-c3ccc(Cl)cc3)n2)n1. The van der Waals surface area contributed by atoms with Crippen molar-refractivity contribution < 1.29 is 9.32 Å². The number of halogens is 1. The first kappa shape index (κ1) is 15.2. The highest BCUT2D eigenvalue weighted by atomic mass is 35.5. The summed E-state index contributed by atoms with van der Waals surface area (Å²) < 4.78 is 6.77. The quantitative estimate of drug-likeness (QED) is 0.778. The predicted molar refractivity (Wildman–Crippen MR) is 82.2 cm³/mol. The summed E-state index contributed by atoms with van der Waals surface area (Å²) in [6, 6.07) is 7.20. The Labute approximate surface area is 136 Å². The van der Waals surface area contributed by atoms with E-state index in [4.69, 9.17) is 16.1 Å². The Morgan fingerprint density at radius 1 is 1.30 bits per heavy atom. The summed E-state index contributed by atoms with van der Waals surface area (Å²) >= 11 is 5.89. The standard InChI is InChI=1S/C14H13ClN6O2/c1-8-17-13(14-18-11(20-23-14)7-12(22)16-2)19-21(8)10-5-3-9(15)4-6-10/h3-6H,7H2,1-2H3,(H,16,22). The maximum absolute atomic E-state index is 11.3. The number of carbonyl (C=O) groups is 1. The fraction of sp³-hybridized carbons (Fsp3) is 0.214. The van der Waals surface area contributed by atoms with E-state index in [0.29, 0.717) is 16.7 Å². The van der Waals surface area contributed by atoms with E-state index in [1.54, 1.807) is 23.9 Å². The van der Waals surface area contributed by atoms with E-state index < -0.39 is 0 Å². The van der Waals surface area contributed by atoms with E-state index in [1.165, 1.54) is 0 Å². The van der Waals surface area contributed by atoms with Crippen molar-refractivity contribution in [2.45, 2.75) is 13.3 Å². The highest BCUT2D eigenvalue weighted by Crippen LogP contribution is 2.18. The van der Waals surface area contributed by atoms with Crippen LogP contribution in [0.4, 0.5) is 0 Å². The van der Waals surface area contributed by atoms with E-state index in [0.717, 1.165) is 5.69 Å². The molecule has 0 radical (unpaired) electrons. The van der Waals surface area contributed by atoms with Gasteiger partial charge >= 0.3 is 0 Å². The molecule has 0 saturated carbocycles. The van der Waals surface area contributed by atoms with Gasteiger partial charge in [-0.05, 0) is 31.2 Å². The Hall–Kier alpha value is -2.74. The molecule has 118 valence electrons. The third-order valence-corrected chi connectivity index (χ3v) is 3.35. The van der Waals surface area contributed by atoms with Gasteiger partial charge in [-0.2, -0.15) is 4.98 Å². The van der Waals surface area contributed by atoms with Crippen LogP contribution in [0.2, 0.25) is 5.02 Å². The molecule has 9 heteroatoms. The lowest BCUT2D eigenvalue weighted by Gasteiger charge is -2.01. The zero-order valence-electron chi connectivity index (χ0n) is 12.4. The van der Waals surface area contributed by atoms with E-state index in [2.05, 4.69) is 25.5 Å². The molecule has 1 N–H and O–H groups in total. The fourth-order valence-corrected chi connectivity index (χ4v) is 2.08. The molecule has 23 heavy (non-hydrogen) atoms. The molecule has 8 nitrogen and oxygen atoms in total. The molecule has 0 aliphatic rings. The van der Waals surface area contributed by atoms with Crippen LogP contribution in [0.5, 0.6) is 0 Å². The van der Waals surface area contributed by atoms with Crippen LogP contribution in [0.15, 0.2) is 28.8 Å². The lowest BCUT2D eigenvalue weighted by atomic mass is 10.3. The van der Waals surface area contributed by atoms with Crippen LogP contribution < -0.4 is 5.32 Å².